The highest BCUT2D eigenvalue weighted by Crippen LogP contribution is 2.32. The minimum atomic E-state index is -4.43. The van der Waals surface area contributed by atoms with E-state index in [4.69, 9.17) is 0 Å². The number of hydrogen-bond acceptors (Lipinski definition) is 4. The fourth-order valence-corrected chi connectivity index (χ4v) is 3.83. The van der Waals surface area contributed by atoms with Crippen molar-refractivity contribution in [3.8, 4) is 22.6 Å². The average molecular weight is 459 g/mol. The van der Waals surface area contributed by atoms with Crippen molar-refractivity contribution in [2.75, 3.05) is 11.9 Å². The maximum atomic E-state index is 13.3. The molecule has 0 saturated carbocycles. The summed E-state index contributed by atoms with van der Waals surface area (Å²) < 4.78 is 39.8. The van der Waals surface area contributed by atoms with Gasteiger partial charge in [0.15, 0.2) is 5.82 Å². The molecule has 0 bridgehead atoms. The lowest BCUT2D eigenvalue weighted by molar-refractivity contribution is -0.137. The number of rotatable bonds is 6. The van der Waals surface area contributed by atoms with Crippen LogP contribution in [0.4, 0.5) is 19.0 Å². The standard InChI is InChI=1S/C26H20F3N5/c27-26(28,29)20-7-3-5-17(13-20)23-14-24(34-25(33-23)19-6-4-11-30-15-19)31-12-10-18-16-32-22-9-2-1-8-21(18)22/h1-9,11,13-16,32H,10,12H2,(H,31,33,34). The van der Waals surface area contributed by atoms with E-state index in [0.29, 0.717) is 35.0 Å². The number of benzene rings is 2. The van der Waals surface area contributed by atoms with Crippen LogP contribution >= 0.6 is 0 Å². The molecule has 0 aliphatic heterocycles. The van der Waals surface area contributed by atoms with Gasteiger partial charge in [-0.25, -0.2) is 9.97 Å². The van der Waals surface area contributed by atoms with Gasteiger partial charge >= 0.3 is 6.18 Å². The highest BCUT2D eigenvalue weighted by molar-refractivity contribution is 5.83. The molecule has 0 unspecified atom stereocenters. The van der Waals surface area contributed by atoms with E-state index >= 15 is 0 Å². The fourth-order valence-electron chi connectivity index (χ4n) is 3.83. The Kier molecular flexibility index (Phi) is 5.71. The van der Waals surface area contributed by atoms with Gasteiger partial charge in [-0.2, -0.15) is 13.2 Å². The zero-order valence-electron chi connectivity index (χ0n) is 18.0. The number of nitrogens with zero attached hydrogens (tertiary/aromatic N) is 3. The summed E-state index contributed by atoms with van der Waals surface area (Å²) in [7, 11) is 0. The van der Waals surface area contributed by atoms with Gasteiger partial charge in [0.2, 0.25) is 0 Å². The summed E-state index contributed by atoms with van der Waals surface area (Å²) in [5, 5.41) is 4.47. The molecule has 3 heterocycles. The van der Waals surface area contributed by atoms with Gasteiger partial charge in [-0.3, -0.25) is 4.98 Å². The van der Waals surface area contributed by atoms with Gasteiger partial charge in [0.1, 0.15) is 5.82 Å². The molecule has 0 aliphatic rings. The number of para-hydroxylation sites is 1. The Morgan fingerprint density at radius 1 is 0.882 bits per heavy atom. The van der Waals surface area contributed by atoms with Gasteiger partial charge in [0.05, 0.1) is 11.3 Å². The molecule has 5 nitrogen and oxygen atoms in total. The molecule has 5 rings (SSSR count). The highest BCUT2D eigenvalue weighted by Gasteiger charge is 2.30. The Labute approximate surface area is 193 Å². The average Bonchev–Trinajstić information content (AvgIpc) is 3.27. The van der Waals surface area contributed by atoms with Crippen molar-refractivity contribution >= 4 is 16.7 Å². The Bertz CT molecular complexity index is 1430. The first-order valence-corrected chi connectivity index (χ1v) is 10.7. The maximum absolute atomic E-state index is 13.3. The van der Waals surface area contributed by atoms with Crippen LogP contribution in [0.2, 0.25) is 0 Å². The van der Waals surface area contributed by atoms with Gasteiger partial charge in [-0.05, 0) is 42.3 Å². The zero-order valence-corrected chi connectivity index (χ0v) is 18.0. The van der Waals surface area contributed by atoms with E-state index in [-0.39, 0.29) is 0 Å². The van der Waals surface area contributed by atoms with Crippen molar-refractivity contribution in [1.29, 1.82) is 0 Å². The van der Waals surface area contributed by atoms with E-state index in [1.165, 1.54) is 11.6 Å². The van der Waals surface area contributed by atoms with Gasteiger partial charge < -0.3 is 10.3 Å². The lowest BCUT2D eigenvalue weighted by Crippen LogP contribution is -2.08. The predicted molar refractivity (Wildman–Crippen MR) is 126 cm³/mol. The number of pyridine rings is 1. The molecule has 0 amide bonds. The molecule has 0 spiro atoms. The monoisotopic (exact) mass is 459 g/mol. The number of hydrogen-bond donors (Lipinski definition) is 2. The summed E-state index contributed by atoms with van der Waals surface area (Å²) >= 11 is 0. The molecule has 34 heavy (non-hydrogen) atoms. The number of aromatic nitrogens is 4. The number of fused-ring (bicyclic) bond motifs is 1. The number of alkyl halides is 3. The first-order valence-electron chi connectivity index (χ1n) is 10.7. The Balaban J connectivity index is 1.46. The Morgan fingerprint density at radius 2 is 1.74 bits per heavy atom. The van der Waals surface area contributed by atoms with Crippen LogP contribution in [0.25, 0.3) is 33.5 Å². The zero-order chi connectivity index (χ0) is 23.5. The van der Waals surface area contributed by atoms with E-state index in [1.54, 1.807) is 30.6 Å². The van der Waals surface area contributed by atoms with Crippen LogP contribution in [0, 0.1) is 0 Å². The van der Waals surface area contributed by atoms with Gasteiger partial charge in [0, 0.05) is 53.2 Å². The summed E-state index contributed by atoms with van der Waals surface area (Å²) in [4.78, 5) is 16.5. The maximum Gasteiger partial charge on any atom is 0.416 e. The van der Waals surface area contributed by atoms with Crippen molar-refractivity contribution < 1.29 is 13.2 Å². The van der Waals surface area contributed by atoms with Crippen molar-refractivity contribution in [2.45, 2.75) is 12.6 Å². The van der Waals surface area contributed by atoms with E-state index in [9.17, 15) is 13.2 Å². The van der Waals surface area contributed by atoms with Gasteiger partial charge in [-0.1, -0.05) is 30.3 Å². The third-order valence-corrected chi connectivity index (χ3v) is 5.51. The molecule has 0 fully saturated rings. The molecule has 2 aromatic carbocycles. The third kappa shape index (κ3) is 4.61. The number of aromatic amines is 1. The minimum Gasteiger partial charge on any atom is -0.370 e. The van der Waals surface area contributed by atoms with Crippen LogP contribution in [0.15, 0.2) is 85.3 Å². The predicted octanol–water partition coefficient (Wildman–Crippen LogP) is 6.36. The topological polar surface area (TPSA) is 66.5 Å². The number of H-pyrrole nitrogens is 1. The molecule has 2 N–H and O–H groups in total. The van der Waals surface area contributed by atoms with E-state index in [1.807, 2.05) is 30.5 Å². The summed E-state index contributed by atoms with van der Waals surface area (Å²) in [6.45, 7) is 0.591. The molecule has 5 aromatic rings. The number of halogens is 3. The van der Waals surface area contributed by atoms with E-state index in [2.05, 4.69) is 31.3 Å². The fraction of sp³-hybridized carbons (Fsp3) is 0.115. The van der Waals surface area contributed by atoms with Crippen molar-refractivity contribution in [2.24, 2.45) is 0 Å². The number of anilines is 1. The summed E-state index contributed by atoms with van der Waals surface area (Å²) in [5.74, 6) is 0.915. The quantitative estimate of drug-likeness (QED) is 0.310. The second kappa shape index (κ2) is 8.97. The summed E-state index contributed by atoms with van der Waals surface area (Å²) in [5.41, 5.74) is 2.96. The molecule has 0 radical (unpaired) electrons. The Hall–Kier alpha value is -4.20. The molecule has 3 aromatic heterocycles. The lowest BCUT2D eigenvalue weighted by atomic mass is 10.1. The first kappa shape index (κ1) is 21.6. The van der Waals surface area contributed by atoms with Crippen molar-refractivity contribution in [3.05, 3.63) is 96.4 Å². The van der Waals surface area contributed by atoms with Crippen LogP contribution in [0.3, 0.4) is 0 Å². The van der Waals surface area contributed by atoms with Gasteiger partial charge in [0.25, 0.3) is 0 Å². The molecule has 170 valence electrons. The molecular formula is C26H20F3N5. The second-order valence-corrected chi connectivity index (χ2v) is 7.82. The van der Waals surface area contributed by atoms with Crippen LogP contribution in [0.1, 0.15) is 11.1 Å². The Morgan fingerprint density at radius 3 is 2.56 bits per heavy atom. The van der Waals surface area contributed by atoms with E-state index < -0.39 is 11.7 Å². The van der Waals surface area contributed by atoms with Gasteiger partial charge in [-0.15, -0.1) is 0 Å². The smallest absolute Gasteiger partial charge is 0.370 e. The largest absolute Gasteiger partial charge is 0.416 e. The minimum absolute atomic E-state index is 0.363. The lowest BCUT2D eigenvalue weighted by Gasteiger charge is -2.12. The molecule has 0 atom stereocenters. The SMILES string of the molecule is FC(F)(F)c1cccc(-c2cc(NCCc3c[nH]c4ccccc34)nc(-c3cccnc3)n2)c1. The van der Waals surface area contributed by atoms with Crippen LogP contribution < -0.4 is 5.32 Å². The second-order valence-electron chi connectivity index (χ2n) is 7.82. The van der Waals surface area contributed by atoms with Crippen molar-refractivity contribution in [1.82, 2.24) is 19.9 Å². The first-order chi connectivity index (χ1) is 16.5. The normalized spacial score (nSPS) is 11.6. The number of nitrogens with one attached hydrogen (secondary N) is 2. The van der Waals surface area contributed by atoms with Crippen LogP contribution in [-0.2, 0) is 12.6 Å². The molecular weight excluding hydrogens is 439 g/mol. The highest BCUT2D eigenvalue weighted by atomic mass is 19.4. The summed E-state index contributed by atoms with van der Waals surface area (Å²) in [6, 6.07) is 18.5. The van der Waals surface area contributed by atoms with Crippen molar-refractivity contribution in [3.63, 3.8) is 0 Å². The van der Waals surface area contributed by atoms with Crippen LogP contribution in [0.5, 0.6) is 0 Å². The third-order valence-electron chi connectivity index (χ3n) is 5.51. The summed E-state index contributed by atoms with van der Waals surface area (Å²) in [6.07, 6.45) is 1.56. The molecule has 0 saturated heterocycles. The molecule has 8 heteroatoms. The van der Waals surface area contributed by atoms with Crippen LogP contribution in [-0.4, -0.2) is 26.5 Å². The van der Waals surface area contributed by atoms with E-state index in [0.717, 1.165) is 29.5 Å². The molecule has 0 aliphatic carbocycles.